The van der Waals surface area contributed by atoms with Crippen molar-refractivity contribution < 1.29 is 13.2 Å². The average Bonchev–Trinajstić information content (AvgIpc) is 2.36. The van der Waals surface area contributed by atoms with Crippen molar-refractivity contribution in [3.8, 4) is 0 Å². The van der Waals surface area contributed by atoms with Crippen LogP contribution in [0.1, 0.15) is 33.1 Å². The van der Waals surface area contributed by atoms with Crippen molar-refractivity contribution in [1.29, 1.82) is 0 Å². The molecule has 6 nitrogen and oxygen atoms in total. The maximum atomic E-state index is 12.0. The highest BCUT2D eigenvalue weighted by Gasteiger charge is 2.19. The van der Waals surface area contributed by atoms with E-state index in [4.69, 9.17) is 10.9 Å². The van der Waals surface area contributed by atoms with Gasteiger partial charge in [0.05, 0.1) is 5.69 Å². The summed E-state index contributed by atoms with van der Waals surface area (Å²) in [5.74, 6) is -0.240. The van der Waals surface area contributed by atoms with Crippen LogP contribution in [-0.4, -0.2) is 20.9 Å². The number of para-hydroxylation sites is 1. The van der Waals surface area contributed by atoms with Crippen LogP contribution >= 0.6 is 0 Å². The van der Waals surface area contributed by atoms with Gasteiger partial charge in [0.1, 0.15) is 4.90 Å². The summed E-state index contributed by atoms with van der Waals surface area (Å²) in [6.45, 7) is 4.67. The topological polar surface area (TPSA) is 115 Å². The van der Waals surface area contributed by atoms with Crippen molar-refractivity contribution in [3.05, 3.63) is 24.3 Å². The third kappa shape index (κ3) is 5.82. The third-order valence-electron chi connectivity index (χ3n) is 3.32. The molecule has 0 bridgehead atoms. The van der Waals surface area contributed by atoms with Gasteiger partial charge in [-0.25, -0.2) is 13.6 Å². The van der Waals surface area contributed by atoms with Gasteiger partial charge >= 0.3 is 0 Å². The Labute approximate surface area is 126 Å². The fourth-order valence-electron chi connectivity index (χ4n) is 2.00. The van der Waals surface area contributed by atoms with E-state index < -0.39 is 10.0 Å². The highest BCUT2D eigenvalue weighted by Crippen LogP contribution is 2.26. The summed E-state index contributed by atoms with van der Waals surface area (Å²) in [6, 6.07) is 6.08. The van der Waals surface area contributed by atoms with E-state index in [9.17, 15) is 13.2 Å². The van der Waals surface area contributed by atoms with Crippen LogP contribution in [0.2, 0.25) is 0 Å². The van der Waals surface area contributed by atoms with Crippen LogP contribution in [0.25, 0.3) is 0 Å². The molecule has 118 valence electrons. The summed E-state index contributed by atoms with van der Waals surface area (Å²) >= 11 is 0. The molecule has 0 radical (unpaired) electrons. The normalized spacial score (nSPS) is 12.2. The van der Waals surface area contributed by atoms with Crippen LogP contribution in [-0.2, 0) is 14.8 Å². The number of amides is 1. The third-order valence-corrected chi connectivity index (χ3v) is 4.29. The molecule has 0 atom stereocenters. The molecule has 1 rings (SSSR count). The van der Waals surface area contributed by atoms with E-state index in [1.807, 2.05) is 13.8 Å². The molecule has 7 heteroatoms. The van der Waals surface area contributed by atoms with Crippen LogP contribution in [0.15, 0.2) is 29.2 Å². The molecule has 0 saturated carbocycles. The van der Waals surface area contributed by atoms with Crippen LogP contribution in [0.4, 0.5) is 5.69 Å². The summed E-state index contributed by atoms with van der Waals surface area (Å²) in [7, 11) is -3.86. The van der Waals surface area contributed by atoms with Gasteiger partial charge in [0, 0.05) is 6.42 Å². The molecule has 0 aliphatic carbocycles. The molecule has 5 N–H and O–H groups in total. The second-order valence-electron chi connectivity index (χ2n) is 5.79. The predicted octanol–water partition coefficient (Wildman–Crippen LogP) is 1.43. The lowest BCUT2D eigenvalue weighted by molar-refractivity contribution is -0.116. The minimum Gasteiger partial charge on any atom is -0.330 e. The van der Waals surface area contributed by atoms with E-state index in [-0.39, 0.29) is 21.9 Å². The van der Waals surface area contributed by atoms with E-state index in [1.165, 1.54) is 12.1 Å². The fourth-order valence-corrected chi connectivity index (χ4v) is 2.69. The van der Waals surface area contributed by atoms with Gasteiger partial charge in [-0.05, 0) is 36.9 Å². The van der Waals surface area contributed by atoms with Gasteiger partial charge in [-0.1, -0.05) is 26.0 Å². The Morgan fingerprint density at radius 2 is 1.86 bits per heavy atom. The first kappa shape index (κ1) is 17.6. The molecule has 21 heavy (non-hydrogen) atoms. The fraction of sp³-hybridized carbons (Fsp3) is 0.500. The number of nitrogens with one attached hydrogen (secondary N) is 1. The van der Waals surface area contributed by atoms with Crippen molar-refractivity contribution in [2.45, 2.75) is 38.0 Å². The van der Waals surface area contributed by atoms with Crippen LogP contribution in [0, 0.1) is 5.41 Å². The molecule has 0 aliphatic heterocycles. The highest BCUT2D eigenvalue weighted by molar-refractivity contribution is 7.89. The molecule has 0 fully saturated rings. The SMILES string of the molecule is CC(C)(CCN)CCC(=O)Nc1ccccc1S(N)(=O)=O. The Hall–Kier alpha value is -1.44. The average molecular weight is 313 g/mol. The zero-order chi connectivity index (χ0) is 16.1. The lowest BCUT2D eigenvalue weighted by Gasteiger charge is -2.23. The molecule has 0 aromatic heterocycles. The smallest absolute Gasteiger partial charge is 0.240 e. The van der Waals surface area contributed by atoms with Crippen LogP contribution < -0.4 is 16.2 Å². The standard InChI is InChI=1S/C14H23N3O3S/c1-14(2,9-10-15)8-7-13(18)17-11-5-3-4-6-12(11)21(16,19)20/h3-6H,7-10,15H2,1-2H3,(H,17,18)(H2,16,19,20). The summed E-state index contributed by atoms with van der Waals surface area (Å²) < 4.78 is 22.9. The Bertz CT molecular complexity index is 597. The number of carbonyl (C=O) groups is 1. The molecule has 0 heterocycles. The first-order valence-corrected chi connectivity index (χ1v) is 8.32. The van der Waals surface area contributed by atoms with E-state index in [1.54, 1.807) is 12.1 Å². The van der Waals surface area contributed by atoms with E-state index in [2.05, 4.69) is 5.32 Å². The number of carbonyl (C=O) groups excluding carboxylic acids is 1. The quantitative estimate of drug-likeness (QED) is 0.706. The van der Waals surface area contributed by atoms with Crippen molar-refractivity contribution in [2.24, 2.45) is 16.3 Å². The monoisotopic (exact) mass is 313 g/mol. The van der Waals surface area contributed by atoms with E-state index >= 15 is 0 Å². The maximum absolute atomic E-state index is 12.0. The van der Waals surface area contributed by atoms with E-state index in [0.717, 1.165) is 6.42 Å². The van der Waals surface area contributed by atoms with Gasteiger partial charge in [-0.2, -0.15) is 0 Å². The Morgan fingerprint density at radius 1 is 1.24 bits per heavy atom. The lowest BCUT2D eigenvalue weighted by atomic mass is 9.84. The summed E-state index contributed by atoms with van der Waals surface area (Å²) in [5.41, 5.74) is 5.72. The first-order chi connectivity index (χ1) is 9.65. The van der Waals surface area contributed by atoms with Gasteiger partial charge < -0.3 is 11.1 Å². The zero-order valence-corrected chi connectivity index (χ0v) is 13.2. The van der Waals surface area contributed by atoms with Gasteiger partial charge in [0.2, 0.25) is 15.9 Å². The largest absolute Gasteiger partial charge is 0.330 e. The van der Waals surface area contributed by atoms with Gasteiger partial charge in [-0.3, -0.25) is 4.79 Å². The molecule has 0 unspecified atom stereocenters. The number of sulfonamides is 1. The van der Waals surface area contributed by atoms with Crippen molar-refractivity contribution in [3.63, 3.8) is 0 Å². The van der Waals surface area contributed by atoms with Crippen molar-refractivity contribution in [2.75, 3.05) is 11.9 Å². The van der Waals surface area contributed by atoms with Gasteiger partial charge in [0.15, 0.2) is 0 Å². The number of benzene rings is 1. The number of hydrogen-bond donors (Lipinski definition) is 3. The molecule has 1 aromatic rings. The maximum Gasteiger partial charge on any atom is 0.240 e. The number of rotatable bonds is 7. The lowest BCUT2D eigenvalue weighted by Crippen LogP contribution is -2.22. The number of nitrogens with two attached hydrogens (primary N) is 2. The molecule has 0 aliphatic rings. The van der Waals surface area contributed by atoms with E-state index in [0.29, 0.717) is 19.4 Å². The van der Waals surface area contributed by atoms with Crippen molar-refractivity contribution >= 4 is 21.6 Å². The molecular weight excluding hydrogens is 290 g/mol. The van der Waals surface area contributed by atoms with Crippen molar-refractivity contribution in [1.82, 2.24) is 0 Å². The Balaban J connectivity index is 2.73. The highest BCUT2D eigenvalue weighted by atomic mass is 32.2. The molecule has 1 aromatic carbocycles. The first-order valence-electron chi connectivity index (χ1n) is 6.77. The second kappa shape index (κ2) is 7.02. The molecule has 0 spiro atoms. The summed E-state index contributed by atoms with van der Waals surface area (Å²) in [6.07, 6.45) is 1.80. The summed E-state index contributed by atoms with van der Waals surface area (Å²) in [4.78, 5) is 11.9. The minimum atomic E-state index is -3.86. The predicted molar refractivity (Wildman–Crippen MR) is 83.1 cm³/mol. The Morgan fingerprint density at radius 3 is 2.43 bits per heavy atom. The number of hydrogen-bond acceptors (Lipinski definition) is 4. The second-order valence-corrected chi connectivity index (χ2v) is 7.32. The summed E-state index contributed by atoms with van der Waals surface area (Å²) in [5, 5.41) is 7.73. The molecule has 1 amide bonds. The zero-order valence-electron chi connectivity index (χ0n) is 12.4. The van der Waals surface area contributed by atoms with Gasteiger partial charge in [-0.15, -0.1) is 0 Å². The minimum absolute atomic E-state index is 0.0223. The Kier molecular flexibility index (Phi) is 5.88. The van der Waals surface area contributed by atoms with Crippen LogP contribution in [0.5, 0.6) is 0 Å². The molecule has 0 saturated heterocycles. The number of primary sulfonamides is 1. The number of anilines is 1. The van der Waals surface area contributed by atoms with Gasteiger partial charge in [0.25, 0.3) is 0 Å². The van der Waals surface area contributed by atoms with Crippen LogP contribution in [0.3, 0.4) is 0 Å². The molecular formula is C14H23N3O3S.